The Morgan fingerprint density at radius 2 is 1.92 bits per heavy atom. The number of para-hydroxylation sites is 1. The molecule has 1 aromatic carbocycles. The van der Waals surface area contributed by atoms with Gasteiger partial charge in [0.25, 0.3) is 5.91 Å². The Balaban J connectivity index is 2.15. The van der Waals surface area contributed by atoms with Crippen LogP contribution in [0.5, 0.6) is 5.75 Å². The van der Waals surface area contributed by atoms with E-state index in [1.54, 1.807) is 20.1 Å². The maximum absolute atomic E-state index is 12.8. The highest BCUT2D eigenvalue weighted by molar-refractivity contribution is 6.09. The van der Waals surface area contributed by atoms with Crippen LogP contribution in [0.25, 0.3) is 0 Å². The van der Waals surface area contributed by atoms with Crippen LogP contribution in [0.15, 0.2) is 24.3 Å². The van der Waals surface area contributed by atoms with Gasteiger partial charge in [-0.1, -0.05) is 18.2 Å². The smallest absolute Gasteiger partial charge is 0.325 e. The second-order valence-electron chi connectivity index (χ2n) is 7.44. The molecule has 1 atom stereocenters. The van der Waals surface area contributed by atoms with Crippen LogP contribution >= 0.6 is 0 Å². The van der Waals surface area contributed by atoms with Gasteiger partial charge in [0.2, 0.25) is 5.91 Å². The van der Waals surface area contributed by atoms with E-state index in [9.17, 15) is 14.4 Å². The molecule has 0 radical (unpaired) electrons. The molecule has 1 aromatic rings. The van der Waals surface area contributed by atoms with Gasteiger partial charge in [0.05, 0.1) is 7.11 Å². The number of nitrogens with zero attached hydrogens (tertiary/aromatic N) is 1. The zero-order valence-electron chi connectivity index (χ0n) is 15.3. The summed E-state index contributed by atoms with van der Waals surface area (Å²) >= 11 is 0. The molecule has 2 N–H and O–H groups in total. The number of methoxy groups -OCH3 is 1. The van der Waals surface area contributed by atoms with Crippen molar-refractivity contribution in [1.29, 1.82) is 0 Å². The monoisotopic (exact) mass is 347 g/mol. The van der Waals surface area contributed by atoms with Crippen molar-refractivity contribution in [2.24, 2.45) is 0 Å². The third-order valence-electron chi connectivity index (χ3n) is 3.90. The molecule has 0 spiro atoms. The fraction of sp³-hybridized carbons (Fsp3) is 0.500. The van der Waals surface area contributed by atoms with E-state index in [2.05, 4.69) is 10.6 Å². The highest BCUT2D eigenvalue weighted by Crippen LogP contribution is 2.27. The van der Waals surface area contributed by atoms with E-state index in [-0.39, 0.29) is 18.9 Å². The standard InChI is InChI=1S/C18H25N3O4/c1-17(2,3)19-14(22)11-21-15(23)18(4,20-16(21)24)10-12-8-6-7-9-13(12)25-5/h6-9H,10-11H2,1-5H3,(H,19,22)(H,20,24). The van der Waals surface area contributed by atoms with Crippen LogP contribution in [-0.2, 0) is 16.0 Å². The molecule has 1 fully saturated rings. The van der Waals surface area contributed by atoms with Crippen LogP contribution < -0.4 is 15.4 Å². The summed E-state index contributed by atoms with van der Waals surface area (Å²) in [5.41, 5.74) is -0.743. The summed E-state index contributed by atoms with van der Waals surface area (Å²) in [6.45, 7) is 6.86. The molecule has 0 aliphatic carbocycles. The maximum atomic E-state index is 12.8. The molecule has 7 nitrogen and oxygen atoms in total. The summed E-state index contributed by atoms with van der Waals surface area (Å²) < 4.78 is 5.31. The quantitative estimate of drug-likeness (QED) is 0.790. The lowest BCUT2D eigenvalue weighted by atomic mass is 9.92. The lowest BCUT2D eigenvalue weighted by Gasteiger charge is -2.24. The maximum Gasteiger partial charge on any atom is 0.325 e. The molecule has 1 saturated heterocycles. The fourth-order valence-electron chi connectivity index (χ4n) is 2.84. The van der Waals surface area contributed by atoms with Crippen LogP contribution in [0.4, 0.5) is 4.79 Å². The number of nitrogens with one attached hydrogen (secondary N) is 2. The van der Waals surface area contributed by atoms with Gasteiger partial charge in [-0.15, -0.1) is 0 Å². The third kappa shape index (κ3) is 4.29. The fourth-order valence-corrected chi connectivity index (χ4v) is 2.84. The van der Waals surface area contributed by atoms with Gasteiger partial charge in [-0.2, -0.15) is 0 Å². The lowest BCUT2D eigenvalue weighted by Crippen LogP contribution is -2.49. The first-order valence-electron chi connectivity index (χ1n) is 8.13. The predicted octanol–water partition coefficient (Wildman–Crippen LogP) is 1.46. The summed E-state index contributed by atoms with van der Waals surface area (Å²) in [6.07, 6.45) is 0.277. The zero-order chi connectivity index (χ0) is 18.8. The molecule has 1 aliphatic heterocycles. The summed E-state index contributed by atoms with van der Waals surface area (Å²) in [6, 6.07) is 6.76. The number of urea groups is 1. The average Bonchev–Trinajstić information content (AvgIpc) is 2.69. The minimum absolute atomic E-state index is 0.277. The predicted molar refractivity (Wildman–Crippen MR) is 93.2 cm³/mol. The Hall–Kier alpha value is -2.57. The number of rotatable bonds is 5. The van der Waals surface area contributed by atoms with Gasteiger partial charge in [0.1, 0.15) is 17.8 Å². The number of benzene rings is 1. The van der Waals surface area contributed by atoms with Crippen LogP contribution in [-0.4, -0.2) is 47.5 Å². The molecule has 1 unspecified atom stereocenters. The van der Waals surface area contributed by atoms with E-state index in [1.165, 1.54) is 0 Å². The van der Waals surface area contributed by atoms with E-state index in [0.717, 1.165) is 10.5 Å². The van der Waals surface area contributed by atoms with Gasteiger partial charge in [-0.25, -0.2) is 4.79 Å². The van der Waals surface area contributed by atoms with Gasteiger partial charge in [-0.05, 0) is 39.3 Å². The van der Waals surface area contributed by atoms with Gasteiger partial charge >= 0.3 is 6.03 Å². The van der Waals surface area contributed by atoms with Crippen LogP contribution in [0, 0.1) is 0 Å². The van der Waals surface area contributed by atoms with Crippen molar-refractivity contribution in [3.05, 3.63) is 29.8 Å². The molecule has 136 valence electrons. The summed E-state index contributed by atoms with van der Waals surface area (Å²) in [5.74, 6) is -0.153. The van der Waals surface area contributed by atoms with E-state index < -0.39 is 23.0 Å². The molecule has 4 amide bonds. The molecule has 1 heterocycles. The second kappa shape index (κ2) is 6.74. The Labute approximate surface area is 147 Å². The summed E-state index contributed by atoms with van der Waals surface area (Å²) in [5, 5.41) is 5.45. The molecular weight excluding hydrogens is 322 g/mol. The first-order chi connectivity index (χ1) is 11.6. The average molecular weight is 347 g/mol. The minimum Gasteiger partial charge on any atom is -0.496 e. The van der Waals surface area contributed by atoms with Crippen molar-refractivity contribution in [3.63, 3.8) is 0 Å². The van der Waals surface area contributed by atoms with Crippen molar-refractivity contribution >= 4 is 17.8 Å². The van der Waals surface area contributed by atoms with Crippen LogP contribution in [0.1, 0.15) is 33.3 Å². The third-order valence-corrected chi connectivity index (χ3v) is 3.90. The SMILES string of the molecule is COc1ccccc1CC1(C)NC(=O)N(CC(=O)NC(C)(C)C)C1=O. The molecule has 0 bridgehead atoms. The van der Waals surface area contributed by atoms with Crippen molar-refractivity contribution in [3.8, 4) is 5.75 Å². The number of ether oxygens (including phenoxy) is 1. The number of carbonyl (C=O) groups is 3. The number of hydrogen-bond acceptors (Lipinski definition) is 4. The molecule has 7 heteroatoms. The zero-order valence-corrected chi connectivity index (χ0v) is 15.3. The lowest BCUT2D eigenvalue weighted by molar-refractivity contribution is -0.135. The largest absolute Gasteiger partial charge is 0.496 e. The van der Waals surface area contributed by atoms with E-state index >= 15 is 0 Å². The van der Waals surface area contributed by atoms with Crippen molar-refractivity contribution < 1.29 is 19.1 Å². The number of imide groups is 1. The van der Waals surface area contributed by atoms with Crippen molar-refractivity contribution in [2.75, 3.05) is 13.7 Å². The van der Waals surface area contributed by atoms with Gasteiger partial charge in [0.15, 0.2) is 0 Å². The summed E-state index contributed by atoms with van der Waals surface area (Å²) in [4.78, 5) is 38.0. The molecular formula is C18H25N3O4. The number of amides is 4. The normalized spacial score (nSPS) is 20.4. The van der Waals surface area contributed by atoms with Gasteiger partial charge in [-0.3, -0.25) is 14.5 Å². The summed E-state index contributed by atoms with van der Waals surface area (Å²) in [7, 11) is 1.55. The molecule has 0 saturated carbocycles. The Bertz CT molecular complexity index is 696. The van der Waals surface area contributed by atoms with E-state index in [1.807, 2.05) is 39.0 Å². The molecule has 25 heavy (non-hydrogen) atoms. The Morgan fingerprint density at radius 1 is 1.28 bits per heavy atom. The first-order valence-corrected chi connectivity index (χ1v) is 8.13. The Kier molecular flexibility index (Phi) is 5.06. The van der Waals surface area contributed by atoms with Gasteiger partial charge < -0.3 is 15.4 Å². The van der Waals surface area contributed by atoms with E-state index in [4.69, 9.17) is 4.74 Å². The molecule has 0 aromatic heterocycles. The number of carbonyl (C=O) groups excluding carboxylic acids is 3. The second-order valence-corrected chi connectivity index (χ2v) is 7.44. The van der Waals surface area contributed by atoms with Crippen LogP contribution in [0.2, 0.25) is 0 Å². The molecule has 2 rings (SSSR count). The van der Waals surface area contributed by atoms with Crippen LogP contribution in [0.3, 0.4) is 0 Å². The topological polar surface area (TPSA) is 87.7 Å². The molecule has 1 aliphatic rings. The highest BCUT2D eigenvalue weighted by Gasteiger charge is 2.48. The minimum atomic E-state index is -1.12. The van der Waals surface area contributed by atoms with Crippen molar-refractivity contribution in [2.45, 2.75) is 45.2 Å². The van der Waals surface area contributed by atoms with Gasteiger partial charge in [0, 0.05) is 12.0 Å². The van der Waals surface area contributed by atoms with E-state index in [0.29, 0.717) is 5.75 Å². The highest BCUT2D eigenvalue weighted by atomic mass is 16.5. The first kappa shape index (κ1) is 18.8. The Morgan fingerprint density at radius 3 is 2.52 bits per heavy atom. The van der Waals surface area contributed by atoms with Crippen molar-refractivity contribution in [1.82, 2.24) is 15.5 Å². The number of hydrogen-bond donors (Lipinski definition) is 2.